The highest BCUT2D eigenvalue weighted by molar-refractivity contribution is 5.96. The molecule has 3 amide bonds. The van der Waals surface area contributed by atoms with Crippen LogP contribution >= 0.6 is 0 Å². The summed E-state index contributed by atoms with van der Waals surface area (Å²) in [5, 5.41) is 19.6. The number of rotatable bonds is 5. The summed E-state index contributed by atoms with van der Waals surface area (Å²) in [6.45, 7) is 6.12. The second kappa shape index (κ2) is 10.5. The summed E-state index contributed by atoms with van der Waals surface area (Å²) in [5.41, 5.74) is 2.68. The van der Waals surface area contributed by atoms with E-state index in [4.69, 9.17) is 4.74 Å². The maximum atomic E-state index is 14.3. The van der Waals surface area contributed by atoms with Crippen LogP contribution in [0.4, 0.5) is 4.79 Å². The van der Waals surface area contributed by atoms with Crippen molar-refractivity contribution in [1.29, 1.82) is 0 Å². The minimum atomic E-state index is -1.59. The maximum absolute atomic E-state index is 14.3. The van der Waals surface area contributed by atoms with Crippen molar-refractivity contribution in [1.82, 2.24) is 15.3 Å². The number of hydrogen-bond donors (Lipinski definition) is 3. The number of carbonyl (C=O) groups is 3. The lowest BCUT2D eigenvalue weighted by atomic mass is 9.66. The first-order valence-electron chi connectivity index (χ1n) is 12.7. The summed E-state index contributed by atoms with van der Waals surface area (Å²) in [6.07, 6.45) is 1.59. The van der Waals surface area contributed by atoms with Crippen molar-refractivity contribution in [2.24, 2.45) is 11.8 Å². The molecule has 9 nitrogen and oxygen atoms in total. The number of likely N-dealkylation sites (tertiary alicyclic amines) is 2. The Kier molecular flexibility index (Phi) is 7.66. The summed E-state index contributed by atoms with van der Waals surface area (Å²) in [6, 6.07) is 8.61. The van der Waals surface area contributed by atoms with Crippen LogP contribution in [0, 0.1) is 11.8 Å². The molecule has 3 saturated heterocycles. The predicted octanol–water partition coefficient (Wildman–Crippen LogP) is 3.19. The van der Waals surface area contributed by atoms with Crippen LogP contribution in [0.1, 0.15) is 68.9 Å². The molecule has 3 heterocycles. The van der Waals surface area contributed by atoms with Crippen LogP contribution in [0.25, 0.3) is 0 Å². The molecule has 3 aliphatic rings. The fourth-order valence-corrected chi connectivity index (χ4v) is 6.38. The lowest BCUT2D eigenvalue weighted by Gasteiger charge is -2.53. The number of benzene rings is 1. The lowest BCUT2D eigenvalue weighted by molar-refractivity contribution is -0.165. The first kappa shape index (κ1) is 25.4. The van der Waals surface area contributed by atoms with Crippen molar-refractivity contribution in [3.63, 3.8) is 0 Å². The Labute approximate surface area is 206 Å². The van der Waals surface area contributed by atoms with Crippen LogP contribution in [0.5, 0.6) is 0 Å². The van der Waals surface area contributed by atoms with E-state index in [-0.39, 0.29) is 19.1 Å². The minimum Gasteiger partial charge on any atom is -0.465 e. The highest BCUT2D eigenvalue weighted by Crippen LogP contribution is 2.45. The van der Waals surface area contributed by atoms with Crippen LogP contribution in [0.15, 0.2) is 24.3 Å². The number of ether oxygens (including phenoxy) is 1. The number of hydrogen-bond acceptors (Lipinski definition) is 5. The van der Waals surface area contributed by atoms with Gasteiger partial charge in [0.15, 0.2) is 0 Å². The summed E-state index contributed by atoms with van der Waals surface area (Å²) >= 11 is 0. The number of nitrogens with zero attached hydrogens (tertiary/aromatic N) is 2. The SMILES string of the molecule is CC(C)c1cccc(C2CCN(C(=O)[C@]3(C4CCOC4)[C@@H](C(=O)NO)CCCN3C(=O)O)CC2)c1. The third-order valence-corrected chi connectivity index (χ3v) is 8.24. The molecule has 1 aromatic carbocycles. The van der Waals surface area contributed by atoms with Gasteiger partial charge in [0.25, 0.3) is 0 Å². The Morgan fingerprint density at radius 2 is 1.86 bits per heavy atom. The molecule has 0 aliphatic carbocycles. The fraction of sp³-hybridized carbons (Fsp3) is 0.654. The van der Waals surface area contributed by atoms with Crippen molar-refractivity contribution in [2.75, 3.05) is 32.8 Å². The van der Waals surface area contributed by atoms with Crippen molar-refractivity contribution < 1.29 is 29.4 Å². The van der Waals surface area contributed by atoms with Gasteiger partial charge in [0.2, 0.25) is 11.8 Å². The van der Waals surface area contributed by atoms with Gasteiger partial charge in [0, 0.05) is 32.2 Å². The Hall–Kier alpha value is -2.65. The highest BCUT2D eigenvalue weighted by atomic mass is 16.5. The van der Waals surface area contributed by atoms with Gasteiger partial charge in [0.1, 0.15) is 5.54 Å². The van der Waals surface area contributed by atoms with Gasteiger partial charge in [0.05, 0.1) is 12.5 Å². The zero-order chi connectivity index (χ0) is 25.2. The van der Waals surface area contributed by atoms with Crippen molar-refractivity contribution >= 4 is 17.9 Å². The Morgan fingerprint density at radius 1 is 1.11 bits per heavy atom. The molecular formula is C26H37N3O6. The van der Waals surface area contributed by atoms with Gasteiger partial charge in [-0.3, -0.25) is 19.7 Å². The smallest absolute Gasteiger partial charge is 0.408 e. The lowest BCUT2D eigenvalue weighted by Crippen LogP contribution is -2.73. The second-order valence-electron chi connectivity index (χ2n) is 10.4. The molecule has 1 aromatic rings. The van der Waals surface area contributed by atoms with E-state index in [1.165, 1.54) is 11.1 Å². The normalized spacial score (nSPS) is 27.8. The molecule has 1 unspecified atom stereocenters. The molecule has 3 N–H and O–H groups in total. The number of nitrogens with one attached hydrogen (secondary N) is 1. The van der Waals surface area contributed by atoms with Crippen LogP contribution < -0.4 is 5.48 Å². The van der Waals surface area contributed by atoms with Gasteiger partial charge in [-0.25, -0.2) is 10.3 Å². The van der Waals surface area contributed by atoms with E-state index in [0.29, 0.717) is 50.8 Å². The van der Waals surface area contributed by atoms with E-state index >= 15 is 0 Å². The zero-order valence-electron chi connectivity index (χ0n) is 20.6. The quantitative estimate of drug-likeness (QED) is 0.434. The predicted molar refractivity (Wildman–Crippen MR) is 128 cm³/mol. The van der Waals surface area contributed by atoms with Crippen LogP contribution in [0.3, 0.4) is 0 Å². The molecule has 3 aliphatic heterocycles. The van der Waals surface area contributed by atoms with E-state index in [2.05, 4.69) is 38.1 Å². The van der Waals surface area contributed by atoms with Gasteiger partial charge >= 0.3 is 6.09 Å². The highest BCUT2D eigenvalue weighted by Gasteiger charge is 2.63. The van der Waals surface area contributed by atoms with Crippen molar-refractivity contribution in [3.8, 4) is 0 Å². The molecule has 192 valence electrons. The maximum Gasteiger partial charge on any atom is 0.408 e. The van der Waals surface area contributed by atoms with Crippen molar-refractivity contribution in [3.05, 3.63) is 35.4 Å². The van der Waals surface area contributed by atoms with Gasteiger partial charge in [-0.1, -0.05) is 38.1 Å². The zero-order valence-corrected chi connectivity index (χ0v) is 20.6. The first-order valence-corrected chi connectivity index (χ1v) is 12.7. The number of piperidine rings is 2. The summed E-state index contributed by atoms with van der Waals surface area (Å²) in [5.74, 6) is -1.71. The number of carbonyl (C=O) groups excluding carboxylic acids is 2. The summed E-state index contributed by atoms with van der Waals surface area (Å²) in [4.78, 5) is 42.4. The van der Waals surface area contributed by atoms with Gasteiger partial charge in [-0.15, -0.1) is 0 Å². The van der Waals surface area contributed by atoms with Crippen LogP contribution in [-0.2, 0) is 14.3 Å². The Balaban J connectivity index is 1.63. The van der Waals surface area contributed by atoms with E-state index in [9.17, 15) is 24.7 Å². The van der Waals surface area contributed by atoms with Gasteiger partial charge in [-0.05, 0) is 55.1 Å². The fourth-order valence-electron chi connectivity index (χ4n) is 6.38. The number of hydroxylamine groups is 1. The molecule has 0 radical (unpaired) electrons. The largest absolute Gasteiger partial charge is 0.465 e. The topological polar surface area (TPSA) is 119 Å². The molecule has 9 heteroatoms. The van der Waals surface area contributed by atoms with E-state index in [1.807, 2.05) is 0 Å². The molecule has 0 spiro atoms. The molecule has 0 saturated carbocycles. The number of amides is 3. The second-order valence-corrected chi connectivity index (χ2v) is 10.4. The number of carboxylic acid groups (broad SMARTS) is 1. The van der Waals surface area contributed by atoms with Crippen LogP contribution in [-0.4, -0.2) is 76.4 Å². The molecule has 4 rings (SSSR count). The van der Waals surface area contributed by atoms with E-state index in [0.717, 1.165) is 17.7 Å². The average molecular weight is 488 g/mol. The molecule has 3 atom stereocenters. The third-order valence-electron chi connectivity index (χ3n) is 8.24. The molecule has 0 aromatic heterocycles. The molecule has 0 bridgehead atoms. The van der Waals surface area contributed by atoms with Crippen LogP contribution in [0.2, 0.25) is 0 Å². The minimum absolute atomic E-state index is 0.172. The van der Waals surface area contributed by atoms with Gasteiger partial charge < -0.3 is 14.7 Å². The third kappa shape index (κ3) is 4.63. The van der Waals surface area contributed by atoms with E-state index < -0.39 is 29.4 Å². The Bertz CT molecular complexity index is 939. The molecule has 35 heavy (non-hydrogen) atoms. The average Bonchev–Trinajstić information content (AvgIpc) is 3.42. The molecule has 3 fully saturated rings. The summed E-state index contributed by atoms with van der Waals surface area (Å²) in [7, 11) is 0. The van der Waals surface area contributed by atoms with Gasteiger partial charge in [-0.2, -0.15) is 0 Å². The molecular weight excluding hydrogens is 450 g/mol. The van der Waals surface area contributed by atoms with Crippen molar-refractivity contribution in [2.45, 2.75) is 63.3 Å². The van der Waals surface area contributed by atoms with E-state index in [1.54, 1.807) is 10.4 Å². The Morgan fingerprint density at radius 3 is 2.46 bits per heavy atom. The first-order chi connectivity index (χ1) is 16.8. The monoisotopic (exact) mass is 487 g/mol. The summed E-state index contributed by atoms with van der Waals surface area (Å²) < 4.78 is 5.58. The standard InChI is InChI=1S/C26H37N3O6/c1-17(2)19-5-3-6-20(15-19)18-8-12-28(13-9-18)24(31)26(21-10-14-35-16-21)22(23(30)27-34)7-4-11-29(26)25(32)33/h3,5-6,15,17-18,21-22,34H,4,7-14,16H2,1-2H3,(H,27,30)(H,32,33)/t21?,22-,26+/m1/s1.